The molecule has 1 fully saturated rings. The first-order valence-electron chi connectivity index (χ1n) is 7.50. The quantitative estimate of drug-likeness (QED) is 0.651. The summed E-state index contributed by atoms with van der Waals surface area (Å²) in [5.74, 6) is -1.27. The zero-order valence-electron chi connectivity index (χ0n) is 12.9. The van der Waals surface area contributed by atoms with Crippen LogP contribution in [0.25, 0.3) is 0 Å². The zero-order valence-corrected chi connectivity index (χ0v) is 17.1. The summed E-state index contributed by atoms with van der Waals surface area (Å²) in [6.45, 7) is 2.20. The maximum Gasteiger partial charge on any atom is 0.471 e. The average molecular weight is 495 g/mol. The molecule has 1 saturated heterocycles. The first kappa shape index (κ1) is 21.9. The standard InChI is InChI=1S/C14H18F3N3OS.2BrH/c15-14(16,17)13(21)20-7-3-10-11(4-8-20)22-12(19-10)9-1-5-18-6-2-9;;/h9,18H,1-8H2;2*1H. The largest absolute Gasteiger partial charge is 0.471 e. The lowest BCUT2D eigenvalue weighted by Crippen LogP contribution is -2.42. The molecule has 24 heavy (non-hydrogen) atoms. The van der Waals surface area contributed by atoms with Crippen molar-refractivity contribution in [3.8, 4) is 0 Å². The number of amides is 1. The molecule has 0 saturated carbocycles. The molecule has 0 aliphatic carbocycles. The summed E-state index contributed by atoms with van der Waals surface area (Å²) in [7, 11) is 0. The lowest BCUT2D eigenvalue weighted by Gasteiger charge is -2.22. The highest BCUT2D eigenvalue weighted by Gasteiger charge is 2.42. The van der Waals surface area contributed by atoms with E-state index < -0.39 is 12.1 Å². The first-order valence-corrected chi connectivity index (χ1v) is 8.32. The molecule has 3 rings (SSSR count). The van der Waals surface area contributed by atoms with Gasteiger partial charge >= 0.3 is 12.1 Å². The fourth-order valence-electron chi connectivity index (χ4n) is 3.01. The zero-order chi connectivity index (χ0) is 15.7. The Labute approximate surface area is 163 Å². The van der Waals surface area contributed by atoms with Crippen LogP contribution in [0.3, 0.4) is 0 Å². The van der Waals surface area contributed by atoms with E-state index in [1.54, 1.807) is 11.3 Å². The molecule has 2 aliphatic heterocycles. The fourth-order valence-corrected chi connectivity index (χ4v) is 4.28. The van der Waals surface area contributed by atoms with Crippen LogP contribution in [0.2, 0.25) is 0 Å². The average Bonchev–Trinajstić information content (AvgIpc) is 2.80. The van der Waals surface area contributed by atoms with Gasteiger partial charge in [0.25, 0.3) is 0 Å². The second-order valence-electron chi connectivity index (χ2n) is 5.74. The van der Waals surface area contributed by atoms with Crippen LogP contribution < -0.4 is 5.32 Å². The number of nitrogens with zero attached hydrogens (tertiary/aromatic N) is 2. The number of halogens is 5. The van der Waals surface area contributed by atoms with Gasteiger partial charge in [-0.3, -0.25) is 4.79 Å². The van der Waals surface area contributed by atoms with E-state index in [0.717, 1.165) is 46.4 Å². The number of nitrogens with one attached hydrogen (secondary N) is 1. The number of fused-ring (bicyclic) bond motifs is 1. The summed E-state index contributed by atoms with van der Waals surface area (Å²) in [5, 5.41) is 4.43. The number of aromatic nitrogens is 1. The number of carbonyl (C=O) groups excluding carboxylic acids is 1. The summed E-state index contributed by atoms with van der Waals surface area (Å²) in [4.78, 5) is 17.9. The number of hydrogen-bond acceptors (Lipinski definition) is 4. The minimum absolute atomic E-state index is 0. The second-order valence-corrected chi connectivity index (χ2v) is 6.85. The smallest absolute Gasteiger partial charge is 0.334 e. The molecule has 1 amide bonds. The van der Waals surface area contributed by atoms with E-state index in [9.17, 15) is 18.0 Å². The van der Waals surface area contributed by atoms with Crippen molar-refractivity contribution in [1.29, 1.82) is 0 Å². The van der Waals surface area contributed by atoms with Crippen molar-refractivity contribution in [2.24, 2.45) is 0 Å². The Morgan fingerprint density at radius 3 is 2.42 bits per heavy atom. The van der Waals surface area contributed by atoms with Crippen LogP contribution >= 0.6 is 45.3 Å². The molecule has 0 spiro atoms. The molecule has 3 heterocycles. The van der Waals surface area contributed by atoms with Crippen molar-refractivity contribution in [1.82, 2.24) is 15.2 Å². The van der Waals surface area contributed by atoms with E-state index in [1.807, 2.05) is 0 Å². The van der Waals surface area contributed by atoms with Gasteiger partial charge in [0.2, 0.25) is 0 Å². The van der Waals surface area contributed by atoms with Gasteiger partial charge in [0.05, 0.1) is 10.7 Å². The van der Waals surface area contributed by atoms with Gasteiger partial charge in [-0.25, -0.2) is 4.98 Å². The lowest BCUT2D eigenvalue weighted by molar-refractivity contribution is -0.185. The van der Waals surface area contributed by atoms with Gasteiger partial charge in [-0.05, 0) is 25.9 Å². The summed E-state index contributed by atoms with van der Waals surface area (Å²) in [6.07, 6.45) is -1.78. The summed E-state index contributed by atoms with van der Waals surface area (Å²) < 4.78 is 37.6. The van der Waals surface area contributed by atoms with Gasteiger partial charge in [0.1, 0.15) is 0 Å². The highest BCUT2D eigenvalue weighted by atomic mass is 79.9. The predicted octanol–water partition coefficient (Wildman–Crippen LogP) is 3.26. The van der Waals surface area contributed by atoms with E-state index in [0.29, 0.717) is 18.8 Å². The highest BCUT2D eigenvalue weighted by Crippen LogP contribution is 2.33. The van der Waals surface area contributed by atoms with Crippen LogP contribution in [0.15, 0.2) is 0 Å². The molecule has 4 nitrogen and oxygen atoms in total. The van der Waals surface area contributed by atoms with E-state index >= 15 is 0 Å². The Hall–Kier alpha value is -0.190. The van der Waals surface area contributed by atoms with Crippen molar-refractivity contribution in [3.05, 3.63) is 15.6 Å². The van der Waals surface area contributed by atoms with Crippen LogP contribution in [-0.2, 0) is 17.6 Å². The predicted molar refractivity (Wildman–Crippen MR) is 97.6 cm³/mol. The Morgan fingerprint density at radius 2 is 1.79 bits per heavy atom. The van der Waals surface area contributed by atoms with Gasteiger partial charge in [-0.2, -0.15) is 13.2 Å². The van der Waals surface area contributed by atoms with Crippen LogP contribution in [-0.4, -0.2) is 48.1 Å². The monoisotopic (exact) mass is 493 g/mol. The molecule has 0 radical (unpaired) electrons. The van der Waals surface area contributed by atoms with E-state index in [4.69, 9.17) is 0 Å². The van der Waals surface area contributed by atoms with Crippen molar-refractivity contribution < 1.29 is 18.0 Å². The van der Waals surface area contributed by atoms with Gasteiger partial charge < -0.3 is 10.2 Å². The second kappa shape index (κ2) is 8.95. The number of carbonyl (C=O) groups is 1. The maximum atomic E-state index is 12.5. The van der Waals surface area contributed by atoms with Crippen molar-refractivity contribution >= 4 is 51.2 Å². The third-order valence-corrected chi connectivity index (χ3v) is 5.56. The van der Waals surface area contributed by atoms with Gasteiger partial charge in [0.15, 0.2) is 0 Å². The SMILES string of the molecule is Br.Br.O=C(N1CCc2nc(C3CCNCC3)sc2CC1)C(F)(F)F. The molecular weight excluding hydrogens is 475 g/mol. The van der Waals surface area contributed by atoms with Crippen LogP contribution in [0.5, 0.6) is 0 Å². The van der Waals surface area contributed by atoms with E-state index in [1.165, 1.54) is 0 Å². The Kier molecular flexibility index (Phi) is 8.15. The number of alkyl halides is 3. The first-order chi connectivity index (χ1) is 10.4. The molecule has 2 aliphatic rings. The van der Waals surface area contributed by atoms with E-state index in [-0.39, 0.29) is 47.1 Å². The Bertz CT molecular complexity index is 536. The lowest BCUT2D eigenvalue weighted by atomic mass is 9.99. The number of hydrogen-bond donors (Lipinski definition) is 1. The topological polar surface area (TPSA) is 45.2 Å². The highest BCUT2D eigenvalue weighted by molar-refractivity contribution is 8.93. The summed E-state index contributed by atoms with van der Waals surface area (Å²) >= 11 is 1.62. The maximum absolute atomic E-state index is 12.5. The normalized spacial score (nSPS) is 18.9. The Morgan fingerprint density at radius 1 is 1.17 bits per heavy atom. The molecule has 0 atom stereocenters. The molecule has 1 aromatic heterocycles. The van der Waals surface area contributed by atoms with Crippen LogP contribution in [0, 0.1) is 0 Å². The molecular formula is C14H20Br2F3N3OS. The van der Waals surface area contributed by atoms with Crippen LogP contribution in [0.4, 0.5) is 13.2 Å². The van der Waals surface area contributed by atoms with Crippen LogP contribution in [0.1, 0.15) is 34.3 Å². The summed E-state index contributed by atoms with van der Waals surface area (Å²) in [6, 6.07) is 0. The van der Waals surface area contributed by atoms with Gasteiger partial charge in [-0.1, -0.05) is 0 Å². The molecule has 0 bridgehead atoms. The minimum atomic E-state index is -4.79. The fraction of sp³-hybridized carbons (Fsp3) is 0.714. The molecule has 138 valence electrons. The number of rotatable bonds is 1. The Balaban J connectivity index is 0.00000144. The van der Waals surface area contributed by atoms with Gasteiger partial charge in [0, 0.05) is 36.7 Å². The molecule has 1 N–H and O–H groups in total. The molecule has 0 unspecified atom stereocenters. The van der Waals surface area contributed by atoms with Gasteiger partial charge in [-0.15, -0.1) is 45.3 Å². The molecule has 10 heteroatoms. The molecule has 1 aromatic rings. The van der Waals surface area contributed by atoms with Crippen molar-refractivity contribution in [3.63, 3.8) is 0 Å². The van der Waals surface area contributed by atoms with Crippen molar-refractivity contribution in [2.45, 2.75) is 37.8 Å². The van der Waals surface area contributed by atoms with Crippen molar-refractivity contribution in [2.75, 3.05) is 26.2 Å². The minimum Gasteiger partial charge on any atom is -0.334 e. The summed E-state index contributed by atoms with van der Waals surface area (Å²) in [5.41, 5.74) is 0.885. The molecule has 0 aromatic carbocycles. The van der Waals surface area contributed by atoms with E-state index in [2.05, 4.69) is 10.3 Å². The third kappa shape index (κ3) is 4.92. The number of thiazole rings is 1. The third-order valence-electron chi connectivity index (χ3n) is 4.24. The number of piperidine rings is 1.